The van der Waals surface area contributed by atoms with Crippen LogP contribution in [-0.4, -0.2) is 0 Å². The molecule has 0 heterocycles. The van der Waals surface area contributed by atoms with Gasteiger partial charge in [-0.15, -0.1) is 0 Å². The van der Waals surface area contributed by atoms with E-state index in [0.717, 1.165) is 31.9 Å². The highest BCUT2D eigenvalue weighted by atomic mass is 79.9. The molecule has 0 spiro atoms. The van der Waals surface area contributed by atoms with E-state index in [-0.39, 0.29) is 0 Å². The van der Waals surface area contributed by atoms with Gasteiger partial charge in [0.05, 0.1) is 21.1 Å². The van der Waals surface area contributed by atoms with Gasteiger partial charge in [0.1, 0.15) is 6.61 Å². The summed E-state index contributed by atoms with van der Waals surface area (Å²) in [6.07, 6.45) is 1.82. The fourth-order valence-corrected chi connectivity index (χ4v) is 4.36. The molecule has 152 valence electrons. The van der Waals surface area contributed by atoms with E-state index in [2.05, 4.69) is 28.1 Å². The smallest absolute Gasteiger partial charge is 0.152 e. The van der Waals surface area contributed by atoms with E-state index in [1.165, 1.54) is 0 Å². The molecule has 4 aromatic carbocycles. The van der Waals surface area contributed by atoms with Gasteiger partial charge in [-0.2, -0.15) is 5.26 Å². The van der Waals surface area contributed by atoms with Gasteiger partial charge < -0.3 is 4.74 Å². The zero-order valence-corrected chi connectivity index (χ0v) is 19.4. The summed E-state index contributed by atoms with van der Waals surface area (Å²) in [6.45, 7) is 0.366. The Balaban J connectivity index is 1.60. The summed E-state index contributed by atoms with van der Waals surface area (Å²) in [5.74, 6) is 0.554. The van der Waals surface area contributed by atoms with Gasteiger partial charge in [-0.25, -0.2) is 0 Å². The number of fused-ring (bicyclic) bond motifs is 1. The van der Waals surface area contributed by atoms with Gasteiger partial charge in [0.2, 0.25) is 0 Å². The highest BCUT2D eigenvalue weighted by Gasteiger charge is 2.11. The molecular formula is C26H16BrCl2NO. The van der Waals surface area contributed by atoms with Crippen LogP contribution in [0.3, 0.4) is 0 Å². The number of allylic oxidation sites excluding steroid dienone is 1. The van der Waals surface area contributed by atoms with Gasteiger partial charge in [-0.05, 0) is 79.8 Å². The van der Waals surface area contributed by atoms with Crippen molar-refractivity contribution in [3.05, 3.63) is 110 Å². The Morgan fingerprint density at radius 3 is 2.39 bits per heavy atom. The minimum atomic E-state index is 0.366. The Hall–Kier alpha value is -2.77. The lowest BCUT2D eigenvalue weighted by Gasteiger charge is -2.12. The number of nitriles is 1. The highest BCUT2D eigenvalue weighted by molar-refractivity contribution is 9.10. The average Bonchev–Trinajstić information content (AvgIpc) is 2.78. The zero-order chi connectivity index (χ0) is 21.8. The third-order valence-corrected chi connectivity index (χ3v) is 5.93. The lowest BCUT2D eigenvalue weighted by Crippen LogP contribution is -1.97. The fourth-order valence-electron chi connectivity index (χ4n) is 3.24. The minimum Gasteiger partial charge on any atom is -0.486 e. The Bertz CT molecular complexity index is 1300. The standard InChI is InChI=1S/C26H16BrCl2NO/c27-24-12-18(13-25(29)26(24)31-16-17-5-9-23(28)10-6-17)11-22(15-30)21-8-7-19-3-1-2-4-20(19)14-21/h1-14H,16H2/b22-11-. The van der Waals surface area contributed by atoms with Crippen molar-refractivity contribution in [1.29, 1.82) is 5.26 Å². The number of benzene rings is 4. The van der Waals surface area contributed by atoms with E-state index in [1.54, 1.807) is 6.07 Å². The van der Waals surface area contributed by atoms with Crippen LogP contribution in [0.5, 0.6) is 5.75 Å². The number of ether oxygens (including phenoxy) is 1. The predicted molar refractivity (Wildman–Crippen MR) is 132 cm³/mol. The summed E-state index contributed by atoms with van der Waals surface area (Å²) in [7, 11) is 0. The van der Waals surface area contributed by atoms with Crippen LogP contribution in [-0.2, 0) is 6.61 Å². The molecule has 0 N–H and O–H groups in total. The lowest BCUT2D eigenvalue weighted by atomic mass is 10.00. The minimum absolute atomic E-state index is 0.366. The van der Waals surface area contributed by atoms with E-state index in [9.17, 15) is 5.26 Å². The molecule has 0 aromatic heterocycles. The zero-order valence-electron chi connectivity index (χ0n) is 16.3. The average molecular weight is 509 g/mol. The molecular weight excluding hydrogens is 493 g/mol. The second-order valence-corrected chi connectivity index (χ2v) is 8.66. The molecule has 0 aliphatic heterocycles. The molecule has 0 atom stereocenters. The molecule has 0 aliphatic rings. The molecule has 4 rings (SSSR count). The molecule has 0 aliphatic carbocycles. The van der Waals surface area contributed by atoms with Crippen molar-refractivity contribution in [2.45, 2.75) is 6.61 Å². The van der Waals surface area contributed by atoms with Crippen molar-refractivity contribution in [2.24, 2.45) is 0 Å². The first-order chi connectivity index (χ1) is 15.0. The van der Waals surface area contributed by atoms with Crippen LogP contribution in [0.4, 0.5) is 0 Å². The van der Waals surface area contributed by atoms with Gasteiger partial charge in [0.15, 0.2) is 5.75 Å². The topological polar surface area (TPSA) is 33.0 Å². The van der Waals surface area contributed by atoms with Crippen LogP contribution in [0.1, 0.15) is 16.7 Å². The van der Waals surface area contributed by atoms with Gasteiger partial charge in [0.25, 0.3) is 0 Å². The third kappa shape index (κ3) is 5.11. The van der Waals surface area contributed by atoms with E-state index in [0.29, 0.717) is 28.0 Å². The third-order valence-electron chi connectivity index (χ3n) is 4.81. The van der Waals surface area contributed by atoms with Crippen molar-refractivity contribution in [3.8, 4) is 11.8 Å². The van der Waals surface area contributed by atoms with E-state index < -0.39 is 0 Å². The van der Waals surface area contributed by atoms with E-state index in [1.807, 2.05) is 72.8 Å². The van der Waals surface area contributed by atoms with Gasteiger partial charge >= 0.3 is 0 Å². The first-order valence-electron chi connectivity index (χ1n) is 9.51. The lowest BCUT2D eigenvalue weighted by molar-refractivity contribution is 0.304. The number of hydrogen-bond donors (Lipinski definition) is 0. The summed E-state index contributed by atoms with van der Waals surface area (Å²) >= 11 is 16.0. The predicted octanol–water partition coefficient (Wildman–Crippen LogP) is 8.55. The van der Waals surface area contributed by atoms with Crippen molar-refractivity contribution in [3.63, 3.8) is 0 Å². The summed E-state index contributed by atoms with van der Waals surface area (Å²) in [4.78, 5) is 0. The first-order valence-corrected chi connectivity index (χ1v) is 11.1. The van der Waals surface area contributed by atoms with Crippen LogP contribution >= 0.6 is 39.1 Å². The largest absolute Gasteiger partial charge is 0.486 e. The van der Waals surface area contributed by atoms with Gasteiger partial charge in [0, 0.05) is 5.02 Å². The van der Waals surface area contributed by atoms with Crippen LogP contribution < -0.4 is 4.74 Å². The van der Waals surface area contributed by atoms with Gasteiger partial charge in [-0.1, -0.05) is 71.7 Å². The molecule has 31 heavy (non-hydrogen) atoms. The van der Waals surface area contributed by atoms with E-state index in [4.69, 9.17) is 27.9 Å². The molecule has 0 amide bonds. The summed E-state index contributed by atoms with van der Waals surface area (Å²) in [5, 5.41) is 13.1. The Morgan fingerprint density at radius 2 is 1.68 bits per heavy atom. The maximum atomic E-state index is 9.74. The Kier molecular flexibility index (Phi) is 6.63. The van der Waals surface area contributed by atoms with Crippen molar-refractivity contribution in [2.75, 3.05) is 0 Å². The number of rotatable bonds is 5. The monoisotopic (exact) mass is 507 g/mol. The fraction of sp³-hybridized carbons (Fsp3) is 0.0385. The summed E-state index contributed by atoms with van der Waals surface area (Å²) < 4.78 is 6.62. The molecule has 0 bridgehead atoms. The molecule has 0 fully saturated rings. The van der Waals surface area contributed by atoms with Crippen LogP contribution in [0.2, 0.25) is 10.0 Å². The number of nitrogens with zero attached hydrogens (tertiary/aromatic N) is 1. The molecule has 5 heteroatoms. The SMILES string of the molecule is N#C/C(=C/c1cc(Cl)c(OCc2ccc(Cl)cc2)c(Br)c1)c1ccc2ccccc2c1. The second kappa shape index (κ2) is 9.58. The quantitative estimate of drug-likeness (QED) is 0.200. The molecule has 0 unspecified atom stereocenters. The van der Waals surface area contributed by atoms with Crippen molar-refractivity contribution < 1.29 is 4.74 Å². The molecule has 0 saturated carbocycles. The van der Waals surface area contributed by atoms with Crippen LogP contribution in [0, 0.1) is 11.3 Å². The van der Waals surface area contributed by atoms with Crippen LogP contribution in [0.25, 0.3) is 22.4 Å². The molecule has 0 saturated heterocycles. The van der Waals surface area contributed by atoms with Crippen molar-refractivity contribution in [1.82, 2.24) is 0 Å². The number of halogens is 3. The normalized spacial score (nSPS) is 11.4. The molecule has 4 aromatic rings. The molecule has 0 radical (unpaired) electrons. The Labute approximate surface area is 199 Å². The summed E-state index contributed by atoms with van der Waals surface area (Å²) in [6, 6.07) is 27.5. The molecule has 2 nitrogen and oxygen atoms in total. The highest BCUT2D eigenvalue weighted by Crippen LogP contribution is 2.36. The first kappa shape index (κ1) is 21.5. The van der Waals surface area contributed by atoms with Crippen LogP contribution in [0.15, 0.2) is 83.3 Å². The Morgan fingerprint density at radius 1 is 0.935 bits per heavy atom. The maximum absolute atomic E-state index is 9.74. The van der Waals surface area contributed by atoms with E-state index >= 15 is 0 Å². The van der Waals surface area contributed by atoms with Gasteiger partial charge in [-0.3, -0.25) is 0 Å². The maximum Gasteiger partial charge on any atom is 0.152 e. The second-order valence-electron chi connectivity index (χ2n) is 6.96. The summed E-state index contributed by atoms with van der Waals surface area (Å²) in [5.41, 5.74) is 3.21. The van der Waals surface area contributed by atoms with Crippen molar-refractivity contribution >= 4 is 61.6 Å². The number of hydrogen-bond acceptors (Lipinski definition) is 2.